The number of hydrogen-bond acceptors (Lipinski definition) is 3. The van der Waals surface area contributed by atoms with Crippen LogP contribution in [-0.4, -0.2) is 9.55 Å². The molecule has 17 heavy (non-hydrogen) atoms. The number of halogens is 1. The molecule has 5 heteroatoms. The topological polar surface area (TPSA) is 60.9 Å². The average Bonchev–Trinajstić information content (AvgIpc) is 2.33. The van der Waals surface area contributed by atoms with Gasteiger partial charge in [-0.1, -0.05) is 18.2 Å². The molecule has 0 aliphatic heterocycles. The molecule has 0 fully saturated rings. The summed E-state index contributed by atoms with van der Waals surface area (Å²) in [6.07, 6.45) is 3.74. The number of nitrogens with two attached hydrogens (primary N) is 1. The van der Waals surface area contributed by atoms with Crippen molar-refractivity contribution in [2.75, 3.05) is 5.73 Å². The van der Waals surface area contributed by atoms with Crippen LogP contribution in [0.25, 0.3) is 0 Å². The van der Waals surface area contributed by atoms with Crippen LogP contribution in [0.5, 0.6) is 0 Å². The van der Waals surface area contributed by atoms with Crippen LogP contribution < -0.4 is 11.3 Å². The van der Waals surface area contributed by atoms with E-state index in [0.29, 0.717) is 17.4 Å². The van der Waals surface area contributed by atoms with Crippen molar-refractivity contribution in [1.82, 2.24) is 9.55 Å². The largest absolute Gasteiger partial charge is 0.399 e. The molecule has 0 bridgehead atoms. The van der Waals surface area contributed by atoms with Gasteiger partial charge in [0.05, 0.1) is 6.33 Å². The lowest BCUT2D eigenvalue weighted by Crippen LogP contribution is -2.21. The minimum atomic E-state index is -0.0745. The molecule has 88 valence electrons. The molecule has 1 aromatic carbocycles. The van der Waals surface area contributed by atoms with Gasteiger partial charge in [0.2, 0.25) is 0 Å². The van der Waals surface area contributed by atoms with Crippen LogP contribution in [0.2, 0.25) is 0 Å². The number of anilines is 1. The van der Waals surface area contributed by atoms with Gasteiger partial charge in [0.1, 0.15) is 4.47 Å². The van der Waals surface area contributed by atoms with E-state index < -0.39 is 0 Å². The summed E-state index contributed by atoms with van der Waals surface area (Å²) < 4.78 is 2.04. The standard InChI is InChI=1S/C12H12BrN3O/c13-10-7-15-8-16(12(10)17)6-5-9-3-1-2-4-11(9)14/h1-4,7-8H,5-6,14H2. The highest BCUT2D eigenvalue weighted by Crippen LogP contribution is 2.11. The molecule has 1 heterocycles. The van der Waals surface area contributed by atoms with Gasteiger partial charge >= 0.3 is 0 Å². The molecule has 0 radical (unpaired) electrons. The number of nitrogen functional groups attached to an aromatic ring is 1. The van der Waals surface area contributed by atoms with Gasteiger partial charge in [-0.2, -0.15) is 0 Å². The summed E-state index contributed by atoms with van der Waals surface area (Å²) >= 11 is 3.17. The Morgan fingerprint density at radius 1 is 1.35 bits per heavy atom. The van der Waals surface area contributed by atoms with Gasteiger partial charge < -0.3 is 5.73 Å². The van der Waals surface area contributed by atoms with Crippen molar-refractivity contribution in [1.29, 1.82) is 0 Å². The molecule has 0 aliphatic carbocycles. The van der Waals surface area contributed by atoms with Gasteiger partial charge in [0.25, 0.3) is 5.56 Å². The Morgan fingerprint density at radius 3 is 2.88 bits per heavy atom. The second-order valence-electron chi connectivity index (χ2n) is 3.69. The van der Waals surface area contributed by atoms with Crippen LogP contribution in [0.15, 0.2) is 46.1 Å². The van der Waals surface area contributed by atoms with E-state index in [4.69, 9.17) is 5.73 Å². The molecule has 0 saturated heterocycles. The van der Waals surface area contributed by atoms with E-state index in [0.717, 1.165) is 11.3 Å². The second kappa shape index (κ2) is 5.14. The predicted octanol–water partition coefficient (Wildman–Crippen LogP) is 1.83. The third-order valence-corrected chi connectivity index (χ3v) is 3.08. The predicted molar refractivity (Wildman–Crippen MR) is 70.8 cm³/mol. The summed E-state index contributed by atoms with van der Waals surface area (Å²) in [5.41, 5.74) is 7.56. The summed E-state index contributed by atoms with van der Waals surface area (Å²) in [4.78, 5) is 15.7. The Balaban J connectivity index is 2.16. The summed E-state index contributed by atoms with van der Waals surface area (Å²) in [6, 6.07) is 7.66. The maximum Gasteiger partial charge on any atom is 0.267 e. The third-order valence-electron chi connectivity index (χ3n) is 2.54. The second-order valence-corrected chi connectivity index (χ2v) is 4.54. The molecule has 2 N–H and O–H groups in total. The van der Waals surface area contributed by atoms with E-state index in [1.807, 2.05) is 24.3 Å². The number of aryl methyl sites for hydroxylation is 2. The normalized spacial score (nSPS) is 10.4. The number of hydrogen-bond donors (Lipinski definition) is 1. The number of nitrogens with zero attached hydrogens (tertiary/aromatic N) is 2. The van der Waals surface area contributed by atoms with E-state index in [2.05, 4.69) is 20.9 Å². The summed E-state index contributed by atoms with van der Waals surface area (Å²) in [7, 11) is 0. The molecular formula is C12H12BrN3O. The molecule has 1 aromatic heterocycles. The molecule has 0 amide bonds. The zero-order chi connectivity index (χ0) is 12.3. The molecular weight excluding hydrogens is 282 g/mol. The zero-order valence-electron chi connectivity index (χ0n) is 9.14. The minimum absolute atomic E-state index is 0.0745. The SMILES string of the molecule is Nc1ccccc1CCn1cncc(Br)c1=O. The van der Waals surface area contributed by atoms with Crippen molar-refractivity contribution in [3.63, 3.8) is 0 Å². The van der Waals surface area contributed by atoms with E-state index in [1.54, 1.807) is 4.57 Å². The summed E-state index contributed by atoms with van der Waals surface area (Å²) in [6.45, 7) is 0.569. The van der Waals surface area contributed by atoms with Gasteiger partial charge in [0, 0.05) is 18.4 Å². The van der Waals surface area contributed by atoms with Crippen molar-refractivity contribution in [2.45, 2.75) is 13.0 Å². The Bertz CT molecular complexity index is 580. The van der Waals surface area contributed by atoms with Gasteiger partial charge in [-0.05, 0) is 34.0 Å². The number of para-hydroxylation sites is 1. The van der Waals surface area contributed by atoms with Gasteiger partial charge in [-0.3, -0.25) is 9.36 Å². The highest BCUT2D eigenvalue weighted by molar-refractivity contribution is 9.10. The molecule has 0 saturated carbocycles. The molecule has 0 unspecified atom stereocenters. The third kappa shape index (κ3) is 2.74. The zero-order valence-corrected chi connectivity index (χ0v) is 10.7. The van der Waals surface area contributed by atoms with Crippen molar-refractivity contribution in [3.05, 3.63) is 57.2 Å². The highest BCUT2D eigenvalue weighted by atomic mass is 79.9. The minimum Gasteiger partial charge on any atom is -0.399 e. The molecule has 0 spiro atoms. The molecule has 2 rings (SSSR count). The van der Waals surface area contributed by atoms with Crippen molar-refractivity contribution in [2.24, 2.45) is 0 Å². The van der Waals surface area contributed by atoms with E-state index in [1.165, 1.54) is 12.5 Å². The van der Waals surface area contributed by atoms with Crippen molar-refractivity contribution >= 4 is 21.6 Å². The maximum atomic E-state index is 11.7. The fraction of sp³-hybridized carbons (Fsp3) is 0.167. The Hall–Kier alpha value is -1.62. The molecule has 0 atom stereocenters. The first-order chi connectivity index (χ1) is 8.18. The van der Waals surface area contributed by atoms with E-state index >= 15 is 0 Å². The fourth-order valence-corrected chi connectivity index (χ4v) is 1.93. The number of rotatable bonds is 3. The summed E-state index contributed by atoms with van der Waals surface area (Å²) in [5.74, 6) is 0. The lowest BCUT2D eigenvalue weighted by Gasteiger charge is -2.07. The number of aromatic nitrogens is 2. The smallest absolute Gasteiger partial charge is 0.267 e. The van der Waals surface area contributed by atoms with Crippen LogP contribution >= 0.6 is 15.9 Å². The quantitative estimate of drug-likeness (QED) is 0.879. The van der Waals surface area contributed by atoms with Crippen LogP contribution in [0.3, 0.4) is 0 Å². The first-order valence-electron chi connectivity index (χ1n) is 5.22. The number of benzene rings is 1. The molecule has 4 nitrogen and oxygen atoms in total. The lowest BCUT2D eigenvalue weighted by atomic mass is 10.1. The Labute approximate surface area is 107 Å². The van der Waals surface area contributed by atoms with Crippen molar-refractivity contribution in [3.8, 4) is 0 Å². The first-order valence-corrected chi connectivity index (χ1v) is 6.01. The lowest BCUT2D eigenvalue weighted by molar-refractivity contribution is 0.652. The van der Waals surface area contributed by atoms with Crippen LogP contribution in [0.4, 0.5) is 5.69 Å². The Morgan fingerprint density at radius 2 is 2.12 bits per heavy atom. The van der Waals surface area contributed by atoms with Crippen LogP contribution in [-0.2, 0) is 13.0 Å². The Kier molecular flexibility index (Phi) is 3.58. The average molecular weight is 294 g/mol. The van der Waals surface area contributed by atoms with E-state index in [-0.39, 0.29) is 5.56 Å². The van der Waals surface area contributed by atoms with Gasteiger partial charge in [0.15, 0.2) is 0 Å². The monoisotopic (exact) mass is 293 g/mol. The summed E-state index contributed by atoms with van der Waals surface area (Å²) in [5, 5.41) is 0. The van der Waals surface area contributed by atoms with Gasteiger partial charge in [-0.25, -0.2) is 4.98 Å². The van der Waals surface area contributed by atoms with Crippen LogP contribution in [0, 0.1) is 0 Å². The van der Waals surface area contributed by atoms with Crippen molar-refractivity contribution < 1.29 is 0 Å². The first kappa shape index (κ1) is 11.9. The molecule has 2 aromatic rings. The van der Waals surface area contributed by atoms with Crippen LogP contribution in [0.1, 0.15) is 5.56 Å². The van der Waals surface area contributed by atoms with E-state index in [9.17, 15) is 4.79 Å². The highest BCUT2D eigenvalue weighted by Gasteiger charge is 2.02. The molecule has 0 aliphatic rings. The van der Waals surface area contributed by atoms with Gasteiger partial charge in [-0.15, -0.1) is 0 Å². The fourth-order valence-electron chi connectivity index (χ4n) is 1.59. The maximum absolute atomic E-state index is 11.7.